The maximum Gasteiger partial charge on any atom is 0.233 e. The number of amides is 1. The number of hydrogen-bond donors (Lipinski definition) is 1. The molecular formula is C21H25N3OS. The highest BCUT2D eigenvalue weighted by molar-refractivity contribution is 8.00. The van der Waals surface area contributed by atoms with Crippen LogP contribution in [0.1, 0.15) is 26.3 Å². The summed E-state index contributed by atoms with van der Waals surface area (Å²) in [6.07, 6.45) is 0.932. The van der Waals surface area contributed by atoms with Crippen molar-refractivity contribution in [2.75, 3.05) is 0 Å². The lowest BCUT2D eigenvalue weighted by molar-refractivity contribution is -0.120. The first-order valence-corrected chi connectivity index (χ1v) is 9.89. The van der Waals surface area contributed by atoms with E-state index in [1.807, 2.05) is 45.0 Å². The predicted molar refractivity (Wildman–Crippen MR) is 108 cm³/mol. The molecule has 0 radical (unpaired) electrons. The first-order valence-electron chi connectivity index (χ1n) is 9.01. The molecule has 1 unspecified atom stereocenters. The lowest BCUT2D eigenvalue weighted by Gasteiger charge is -2.15. The van der Waals surface area contributed by atoms with Gasteiger partial charge < -0.3 is 9.88 Å². The number of hydrogen-bond acceptors (Lipinski definition) is 3. The monoisotopic (exact) mass is 367 g/mol. The summed E-state index contributed by atoms with van der Waals surface area (Å²) in [4.78, 5) is 17.1. The first kappa shape index (κ1) is 18.5. The van der Waals surface area contributed by atoms with E-state index in [2.05, 4.69) is 40.2 Å². The normalized spacial score (nSPS) is 12.5. The van der Waals surface area contributed by atoms with E-state index in [1.54, 1.807) is 0 Å². The molecule has 1 aromatic heterocycles. The summed E-state index contributed by atoms with van der Waals surface area (Å²) in [6, 6.07) is 18.7. The largest absolute Gasteiger partial charge is 0.353 e. The van der Waals surface area contributed by atoms with Crippen molar-refractivity contribution in [3.8, 4) is 0 Å². The second kappa shape index (κ2) is 8.41. The molecule has 0 aliphatic carbocycles. The number of nitrogens with zero attached hydrogens (tertiary/aromatic N) is 2. The van der Waals surface area contributed by atoms with Crippen molar-refractivity contribution in [3.63, 3.8) is 0 Å². The van der Waals surface area contributed by atoms with Gasteiger partial charge in [-0.2, -0.15) is 0 Å². The Labute approximate surface area is 159 Å². The van der Waals surface area contributed by atoms with Crippen LogP contribution in [0.15, 0.2) is 59.8 Å². The molecule has 0 spiro atoms. The number of thioether (sulfide) groups is 1. The molecule has 1 amide bonds. The van der Waals surface area contributed by atoms with E-state index >= 15 is 0 Å². The fourth-order valence-corrected chi connectivity index (χ4v) is 3.82. The number of nitrogens with one attached hydrogen (secondary N) is 1. The molecule has 0 saturated heterocycles. The van der Waals surface area contributed by atoms with E-state index < -0.39 is 0 Å². The van der Waals surface area contributed by atoms with Crippen molar-refractivity contribution in [2.45, 2.75) is 50.2 Å². The fourth-order valence-electron chi connectivity index (χ4n) is 2.86. The first-order chi connectivity index (χ1) is 12.5. The van der Waals surface area contributed by atoms with E-state index in [-0.39, 0.29) is 17.2 Å². The Bertz CT molecular complexity index is 873. The Morgan fingerprint density at radius 2 is 1.77 bits per heavy atom. The third-order valence-corrected chi connectivity index (χ3v) is 5.26. The summed E-state index contributed by atoms with van der Waals surface area (Å²) in [7, 11) is 0. The Morgan fingerprint density at radius 1 is 1.08 bits per heavy atom. The molecule has 0 fully saturated rings. The predicted octanol–water partition coefficient (Wildman–Crippen LogP) is 4.28. The molecule has 0 aliphatic heterocycles. The van der Waals surface area contributed by atoms with Crippen LogP contribution in [0.25, 0.3) is 11.0 Å². The van der Waals surface area contributed by atoms with Gasteiger partial charge in [-0.25, -0.2) is 4.98 Å². The van der Waals surface area contributed by atoms with Crippen LogP contribution < -0.4 is 5.32 Å². The van der Waals surface area contributed by atoms with E-state index in [4.69, 9.17) is 4.98 Å². The molecule has 136 valence electrons. The molecule has 26 heavy (non-hydrogen) atoms. The van der Waals surface area contributed by atoms with Gasteiger partial charge in [0.05, 0.1) is 16.3 Å². The Balaban J connectivity index is 1.83. The van der Waals surface area contributed by atoms with Gasteiger partial charge in [-0.05, 0) is 44.9 Å². The van der Waals surface area contributed by atoms with Crippen LogP contribution in [-0.2, 0) is 17.8 Å². The van der Waals surface area contributed by atoms with Crippen molar-refractivity contribution in [3.05, 3.63) is 60.2 Å². The molecule has 0 bridgehead atoms. The fraction of sp³-hybridized carbons (Fsp3) is 0.333. The number of aryl methyl sites for hydroxylation is 2. The molecule has 1 N–H and O–H groups in total. The zero-order valence-electron chi connectivity index (χ0n) is 15.5. The number of aromatic nitrogens is 2. The average Bonchev–Trinajstić information content (AvgIpc) is 2.97. The van der Waals surface area contributed by atoms with Crippen molar-refractivity contribution in [1.82, 2.24) is 14.9 Å². The third-order valence-electron chi connectivity index (χ3n) is 4.17. The summed E-state index contributed by atoms with van der Waals surface area (Å²) in [5.41, 5.74) is 3.38. The SMILES string of the molecule is CC(C)NC(=O)C(C)Sc1nc2ccccc2n1CCc1ccccc1. The number of para-hydroxylation sites is 2. The van der Waals surface area contributed by atoms with Gasteiger partial charge in [0, 0.05) is 12.6 Å². The summed E-state index contributed by atoms with van der Waals surface area (Å²) in [5, 5.41) is 3.68. The van der Waals surface area contributed by atoms with Crippen LogP contribution in [0.3, 0.4) is 0 Å². The zero-order chi connectivity index (χ0) is 18.5. The van der Waals surface area contributed by atoms with Crippen molar-refractivity contribution in [1.29, 1.82) is 0 Å². The smallest absolute Gasteiger partial charge is 0.233 e. The topological polar surface area (TPSA) is 46.9 Å². The summed E-state index contributed by atoms with van der Waals surface area (Å²) in [5.74, 6) is 0.0478. The van der Waals surface area contributed by atoms with Gasteiger partial charge in [-0.3, -0.25) is 4.79 Å². The molecule has 0 saturated carbocycles. The highest BCUT2D eigenvalue weighted by atomic mass is 32.2. The quantitative estimate of drug-likeness (QED) is 0.634. The van der Waals surface area contributed by atoms with E-state index in [1.165, 1.54) is 17.3 Å². The second-order valence-corrected chi connectivity index (χ2v) is 8.00. The van der Waals surface area contributed by atoms with Gasteiger partial charge in [0.15, 0.2) is 5.16 Å². The standard InChI is InChI=1S/C21H25N3OS/c1-15(2)22-20(25)16(3)26-21-23-18-11-7-8-12-19(18)24(21)14-13-17-9-5-4-6-10-17/h4-12,15-16H,13-14H2,1-3H3,(H,22,25). The van der Waals surface area contributed by atoms with Gasteiger partial charge in [0.1, 0.15) is 0 Å². The van der Waals surface area contributed by atoms with Crippen LogP contribution in [0.4, 0.5) is 0 Å². The van der Waals surface area contributed by atoms with Gasteiger partial charge >= 0.3 is 0 Å². The minimum atomic E-state index is -0.190. The van der Waals surface area contributed by atoms with Crippen LogP contribution >= 0.6 is 11.8 Å². The van der Waals surface area contributed by atoms with Gasteiger partial charge in [-0.15, -0.1) is 0 Å². The summed E-state index contributed by atoms with van der Waals surface area (Å²) >= 11 is 1.52. The molecule has 4 nitrogen and oxygen atoms in total. The lowest BCUT2D eigenvalue weighted by atomic mass is 10.1. The molecule has 2 aromatic carbocycles. The van der Waals surface area contributed by atoms with Crippen molar-refractivity contribution < 1.29 is 4.79 Å². The van der Waals surface area contributed by atoms with E-state index in [0.29, 0.717) is 0 Å². The van der Waals surface area contributed by atoms with Gasteiger partial charge in [0.2, 0.25) is 5.91 Å². The number of imidazole rings is 1. The summed E-state index contributed by atoms with van der Waals surface area (Å²) < 4.78 is 2.23. The van der Waals surface area contributed by atoms with Crippen molar-refractivity contribution in [2.24, 2.45) is 0 Å². The molecule has 3 rings (SSSR count). The molecule has 0 aliphatic rings. The second-order valence-electron chi connectivity index (χ2n) is 6.69. The summed E-state index contributed by atoms with van der Waals surface area (Å²) in [6.45, 7) is 6.73. The highest BCUT2D eigenvalue weighted by Crippen LogP contribution is 2.27. The minimum absolute atomic E-state index is 0.0478. The highest BCUT2D eigenvalue weighted by Gasteiger charge is 2.19. The maximum absolute atomic E-state index is 12.3. The molecular weight excluding hydrogens is 342 g/mol. The van der Waals surface area contributed by atoms with Crippen LogP contribution in [0, 0.1) is 0 Å². The van der Waals surface area contributed by atoms with Crippen LogP contribution in [-0.4, -0.2) is 26.8 Å². The molecule has 3 aromatic rings. The Morgan fingerprint density at radius 3 is 2.50 bits per heavy atom. The maximum atomic E-state index is 12.3. The third kappa shape index (κ3) is 4.47. The minimum Gasteiger partial charge on any atom is -0.353 e. The van der Waals surface area contributed by atoms with Crippen LogP contribution in [0.5, 0.6) is 0 Å². The number of fused-ring (bicyclic) bond motifs is 1. The number of carbonyl (C=O) groups excluding carboxylic acids is 1. The van der Waals surface area contributed by atoms with E-state index in [9.17, 15) is 4.79 Å². The molecule has 1 heterocycles. The van der Waals surface area contributed by atoms with Crippen molar-refractivity contribution >= 4 is 28.7 Å². The van der Waals surface area contributed by atoms with Gasteiger partial charge in [-0.1, -0.05) is 54.2 Å². The average molecular weight is 368 g/mol. The molecule has 5 heteroatoms. The van der Waals surface area contributed by atoms with E-state index in [0.717, 1.165) is 29.2 Å². The Kier molecular flexibility index (Phi) is 5.99. The Hall–Kier alpha value is -2.27. The number of carbonyl (C=O) groups is 1. The molecule has 1 atom stereocenters. The number of rotatable bonds is 7. The number of benzene rings is 2. The van der Waals surface area contributed by atoms with Gasteiger partial charge in [0.25, 0.3) is 0 Å². The lowest BCUT2D eigenvalue weighted by Crippen LogP contribution is -2.36. The zero-order valence-corrected chi connectivity index (χ0v) is 16.3. The van der Waals surface area contributed by atoms with Crippen LogP contribution in [0.2, 0.25) is 0 Å².